The van der Waals surface area contributed by atoms with Crippen LogP contribution in [0.15, 0.2) is 30.3 Å². The lowest BCUT2D eigenvalue weighted by atomic mass is 10.0. The molecular formula is C39H63N3O7S. The Labute approximate surface area is 302 Å². The van der Waals surface area contributed by atoms with E-state index in [1.165, 1.54) is 84.2 Å². The Morgan fingerprint density at radius 2 is 1.44 bits per heavy atom. The molecule has 0 fully saturated rings. The minimum absolute atomic E-state index is 0.0209. The molecule has 10 nitrogen and oxygen atoms in total. The summed E-state index contributed by atoms with van der Waals surface area (Å²) in [6.07, 6.45) is 19.5. The van der Waals surface area contributed by atoms with Crippen LogP contribution in [0.1, 0.15) is 131 Å². The summed E-state index contributed by atoms with van der Waals surface area (Å²) in [5.74, 6) is 0.411. The van der Waals surface area contributed by atoms with E-state index in [9.17, 15) is 18.0 Å². The number of aldehydes is 1. The number of sulfonamides is 1. The molecule has 2 aromatic carbocycles. The standard InChI is InChI=1S/C39H63N3O7S/c1-6-8-9-10-11-12-13-14-15-16-17-18-19-20-25-48-30-34-27-33(29-43)38(47-4)28-35(34)31-49-39(44)41-37-22-21-36(26-32(37)3)42(7-2)24-23-40-50(5,45)46/h21-22,26-29,40H,6-20,23-25,30-31H2,1-5H3,(H,41,44). The molecule has 2 N–H and O–H groups in total. The van der Waals surface area contributed by atoms with E-state index in [1.54, 1.807) is 18.2 Å². The van der Waals surface area contributed by atoms with Gasteiger partial charge in [0.1, 0.15) is 12.4 Å². The number of amides is 1. The van der Waals surface area contributed by atoms with Crippen LogP contribution in [0, 0.1) is 6.92 Å². The van der Waals surface area contributed by atoms with E-state index in [0.29, 0.717) is 55.4 Å². The fourth-order valence-corrected chi connectivity index (χ4v) is 6.38. The van der Waals surface area contributed by atoms with E-state index in [4.69, 9.17) is 14.2 Å². The minimum atomic E-state index is -3.26. The maximum Gasteiger partial charge on any atom is 0.411 e. The number of nitrogens with one attached hydrogen (secondary N) is 2. The number of aryl methyl sites for hydroxylation is 1. The van der Waals surface area contributed by atoms with E-state index in [2.05, 4.69) is 17.0 Å². The average molecular weight is 718 g/mol. The van der Waals surface area contributed by atoms with Crippen LogP contribution >= 0.6 is 0 Å². The highest BCUT2D eigenvalue weighted by Crippen LogP contribution is 2.26. The summed E-state index contributed by atoms with van der Waals surface area (Å²) in [6, 6.07) is 9.08. The molecule has 0 bridgehead atoms. The summed E-state index contributed by atoms with van der Waals surface area (Å²) in [4.78, 5) is 26.6. The van der Waals surface area contributed by atoms with Crippen molar-refractivity contribution in [1.82, 2.24) is 4.72 Å². The number of rotatable bonds is 28. The number of carbonyl (C=O) groups excluding carboxylic acids is 2. The lowest BCUT2D eigenvalue weighted by Gasteiger charge is -2.24. The summed E-state index contributed by atoms with van der Waals surface area (Å²) in [7, 11) is -1.76. The summed E-state index contributed by atoms with van der Waals surface area (Å²) < 4.78 is 42.3. The molecule has 0 aliphatic heterocycles. The summed E-state index contributed by atoms with van der Waals surface area (Å²) >= 11 is 0. The van der Waals surface area contributed by atoms with Gasteiger partial charge >= 0.3 is 6.09 Å². The molecule has 0 aliphatic carbocycles. The number of hydrogen-bond acceptors (Lipinski definition) is 8. The van der Waals surface area contributed by atoms with Crippen LogP contribution in [-0.2, 0) is 32.7 Å². The molecule has 11 heteroatoms. The summed E-state index contributed by atoms with van der Waals surface area (Å²) in [6.45, 7) is 8.55. The van der Waals surface area contributed by atoms with Crippen LogP contribution in [0.25, 0.3) is 0 Å². The van der Waals surface area contributed by atoms with Crippen molar-refractivity contribution in [3.63, 3.8) is 0 Å². The third-order valence-electron chi connectivity index (χ3n) is 8.88. The van der Waals surface area contributed by atoms with Crippen LogP contribution in [0.5, 0.6) is 5.75 Å². The predicted molar refractivity (Wildman–Crippen MR) is 204 cm³/mol. The zero-order valence-corrected chi connectivity index (χ0v) is 32.1. The van der Waals surface area contributed by atoms with Gasteiger partial charge in [0.05, 0.1) is 25.5 Å². The molecule has 0 atom stereocenters. The molecule has 0 aromatic heterocycles. The topological polar surface area (TPSA) is 123 Å². The Morgan fingerprint density at radius 3 is 1.98 bits per heavy atom. The van der Waals surface area contributed by atoms with Crippen LogP contribution in [0.3, 0.4) is 0 Å². The van der Waals surface area contributed by atoms with Gasteiger partial charge in [0.25, 0.3) is 0 Å². The number of anilines is 2. The average Bonchev–Trinajstić information content (AvgIpc) is 3.09. The Hall–Kier alpha value is -3.15. The van der Waals surface area contributed by atoms with Gasteiger partial charge in [0.15, 0.2) is 6.29 Å². The smallest absolute Gasteiger partial charge is 0.411 e. The van der Waals surface area contributed by atoms with Crippen molar-refractivity contribution in [3.05, 3.63) is 52.6 Å². The molecule has 50 heavy (non-hydrogen) atoms. The van der Waals surface area contributed by atoms with Gasteiger partial charge in [-0.15, -0.1) is 0 Å². The first kappa shape index (κ1) is 43.0. The number of ether oxygens (including phenoxy) is 3. The molecule has 1 amide bonds. The Bertz CT molecular complexity index is 1380. The van der Waals surface area contributed by atoms with Crippen LogP contribution in [-0.4, -0.2) is 60.4 Å². The van der Waals surface area contributed by atoms with Gasteiger partial charge in [-0.3, -0.25) is 10.1 Å². The van der Waals surface area contributed by atoms with Crippen LogP contribution in [0.4, 0.5) is 16.2 Å². The molecule has 0 aliphatic rings. The number of carbonyl (C=O) groups is 2. The van der Waals surface area contributed by atoms with Crippen molar-refractivity contribution < 1.29 is 32.2 Å². The first-order valence-corrected chi connectivity index (χ1v) is 20.5. The lowest BCUT2D eigenvalue weighted by Crippen LogP contribution is -2.34. The highest BCUT2D eigenvalue weighted by molar-refractivity contribution is 7.88. The van der Waals surface area contributed by atoms with Gasteiger partial charge in [0.2, 0.25) is 10.0 Å². The number of nitrogens with zero attached hydrogens (tertiary/aromatic N) is 1. The first-order chi connectivity index (χ1) is 24.1. The molecule has 0 saturated heterocycles. The van der Waals surface area contributed by atoms with E-state index in [1.807, 2.05) is 30.9 Å². The third kappa shape index (κ3) is 17.7. The Kier molecular flexibility index (Phi) is 21.4. The SMILES string of the molecule is CCCCCCCCCCCCCCCCOCc1cc(C=O)c(OC)cc1COC(=O)Nc1ccc(N(CC)CCNS(C)(=O)=O)cc1C. The predicted octanol–water partition coefficient (Wildman–Crippen LogP) is 8.94. The molecule has 0 spiro atoms. The van der Waals surface area contributed by atoms with Crippen molar-refractivity contribution in [3.8, 4) is 5.75 Å². The van der Waals surface area contributed by atoms with E-state index < -0.39 is 16.1 Å². The third-order valence-corrected chi connectivity index (χ3v) is 9.61. The van der Waals surface area contributed by atoms with Gasteiger partial charge in [-0.05, 0) is 67.3 Å². The van der Waals surface area contributed by atoms with E-state index in [-0.39, 0.29) is 6.61 Å². The molecule has 0 saturated carbocycles. The van der Waals surface area contributed by atoms with Gasteiger partial charge in [-0.1, -0.05) is 90.4 Å². The van der Waals surface area contributed by atoms with Crippen LogP contribution in [0.2, 0.25) is 0 Å². The minimum Gasteiger partial charge on any atom is -0.496 e. The molecular weight excluding hydrogens is 655 g/mol. The monoisotopic (exact) mass is 717 g/mol. The number of benzene rings is 2. The molecule has 282 valence electrons. The Balaban J connectivity index is 1.79. The fourth-order valence-electron chi connectivity index (χ4n) is 5.91. The number of hydrogen-bond donors (Lipinski definition) is 2. The number of methoxy groups -OCH3 is 1. The van der Waals surface area contributed by atoms with Gasteiger partial charge in [0, 0.05) is 37.6 Å². The van der Waals surface area contributed by atoms with Crippen molar-refractivity contribution in [2.75, 3.05) is 49.8 Å². The van der Waals surface area contributed by atoms with Crippen molar-refractivity contribution in [2.24, 2.45) is 0 Å². The highest BCUT2D eigenvalue weighted by atomic mass is 32.2. The molecule has 2 rings (SSSR count). The van der Waals surface area contributed by atoms with Crippen molar-refractivity contribution >= 4 is 33.8 Å². The highest BCUT2D eigenvalue weighted by Gasteiger charge is 2.15. The van der Waals surface area contributed by atoms with Crippen molar-refractivity contribution in [1.29, 1.82) is 0 Å². The number of likely N-dealkylation sites (N-methyl/N-ethyl adjacent to an activating group) is 1. The molecule has 0 radical (unpaired) electrons. The quantitative estimate of drug-likeness (QED) is 0.0661. The van der Waals surface area contributed by atoms with Crippen LogP contribution < -0.4 is 19.7 Å². The van der Waals surface area contributed by atoms with Crippen molar-refractivity contribution in [2.45, 2.75) is 124 Å². The second-order valence-corrected chi connectivity index (χ2v) is 14.9. The fraction of sp³-hybridized carbons (Fsp3) is 0.641. The number of unbranched alkanes of at least 4 members (excludes halogenated alkanes) is 13. The second kappa shape index (κ2) is 24.9. The van der Waals surface area contributed by atoms with Gasteiger partial charge in [-0.2, -0.15) is 0 Å². The Morgan fingerprint density at radius 1 is 0.840 bits per heavy atom. The maximum atomic E-state index is 12.8. The first-order valence-electron chi connectivity index (χ1n) is 18.6. The van der Waals surface area contributed by atoms with E-state index >= 15 is 0 Å². The largest absolute Gasteiger partial charge is 0.496 e. The maximum absolute atomic E-state index is 12.8. The zero-order valence-electron chi connectivity index (χ0n) is 31.3. The van der Waals surface area contributed by atoms with Gasteiger partial charge < -0.3 is 19.1 Å². The second-order valence-electron chi connectivity index (χ2n) is 13.1. The summed E-state index contributed by atoms with van der Waals surface area (Å²) in [5, 5.41) is 2.81. The normalized spacial score (nSPS) is 11.4. The zero-order chi connectivity index (χ0) is 36.6. The van der Waals surface area contributed by atoms with E-state index in [0.717, 1.165) is 42.2 Å². The van der Waals surface area contributed by atoms with Gasteiger partial charge in [-0.25, -0.2) is 17.9 Å². The lowest BCUT2D eigenvalue weighted by molar-refractivity contribution is 0.111. The summed E-state index contributed by atoms with van der Waals surface area (Å²) in [5.41, 5.74) is 4.26. The molecule has 2 aromatic rings. The molecule has 0 unspecified atom stereocenters. The molecule has 0 heterocycles.